The Hall–Kier alpha value is -2.67. The fourth-order valence-corrected chi connectivity index (χ4v) is 2.94. The minimum atomic E-state index is -0.473. The van der Waals surface area contributed by atoms with E-state index in [0.29, 0.717) is 10.0 Å². The Bertz CT molecular complexity index is 881. The fourth-order valence-electron chi connectivity index (χ4n) is 2.19. The third-order valence-corrected chi connectivity index (χ3v) is 4.19. The van der Waals surface area contributed by atoms with Gasteiger partial charge in [-0.05, 0) is 18.6 Å². The van der Waals surface area contributed by atoms with Gasteiger partial charge in [-0.3, -0.25) is 4.79 Å². The van der Waals surface area contributed by atoms with Crippen molar-refractivity contribution < 1.29 is 18.7 Å². The van der Waals surface area contributed by atoms with Gasteiger partial charge in [0.1, 0.15) is 10.5 Å². The van der Waals surface area contributed by atoms with Crippen molar-refractivity contribution in [3.63, 3.8) is 0 Å². The Morgan fingerprint density at radius 3 is 3.00 bits per heavy atom. The molecule has 23 heavy (non-hydrogen) atoms. The van der Waals surface area contributed by atoms with Crippen LogP contribution in [0.5, 0.6) is 0 Å². The van der Waals surface area contributed by atoms with Crippen molar-refractivity contribution in [3.8, 4) is 0 Å². The molecular formula is C16H14N2O4S. The van der Waals surface area contributed by atoms with E-state index in [0.717, 1.165) is 33.4 Å². The number of aromatic nitrogens is 1. The van der Waals surface area contributed by atoms with Crippen LogP contribution in [0.2, 0.25) is 0 Å². The summed E-state index contributed by atoms with van der Waals surface area (Å²) in [5, 5.41) is 3.95. The molecule has 7 heteroatoms. The van der Waals surface area contributed by atoms with Gasteiger partial charge in [0.25, 0.3) is 0 Å². The lowest BCUT2D eigenvalue weighted by molar-refractivity contribution is -0.115. The molecule has 1 N–H and O–H groups in total. The molecule has 0 saturated carbocycles. The number of amides is 1. The summed E-state index contributed by atoms with van der Waals surface area (Å²) >= 11 is 1.07. The van der Waals surface area contributed by atoms with Gasteiger partial charge in [0.15, 0.2) is 5.13 Å². The molecule has 1 amide bonds. The zero-order chi connectivity index (χ0) is 16.4. The van der Waals surface area contributed by atoms with Gasteiger partial charge in [0, 0.05) is 10.9 Å². The van der Waals surface area contributed by atoms with Gasteiger partial charge in [0.05, 0.1) is 26.0 Å². The molecule has 118 valence electrons. The Morgan fingerprint density at radius 1 is 1.39 bits per heavy atom. The van der Waals surface area contributed by atoms with Gasteiger partial charge in [-0.2, -0.15) is 0 Å². The maximum atomic E-state index is 12.1. The number of hydrogen-bond acceptors (Lipinski definition) is 6. The lowest BCUT2D eigenvalue weighted by Gasteiger charge is -2.00. The first kappa shape index (κ1) is 15.2. The van der Waals surface area contributed by atoms with E-state index >= 15 is 0 Å². The van der Waals surface area contributed by atoms with Crippen molar-refractivity contribution in [3.05, 3.63) is 46.7 Å². The number of anilines is 1. The topological polar surface area (TPSA) is 81.4 Å². The van der Waals surface area contributed by atoms with E-state index in [2.05, 4.69) is 15.0 Å². The lowest BCUT2D eigenvalue weighted by atomic mass is 10.1. The van der Waals surface area contributed by atoms with E-state index < -0.39 is 5.97 Å². The second kappa shape index (κ2) is 6.21. The van der Waals surface area contributed by atoms with Crippen molar-refractivity contribution in [2.45, 2.75) is 13.3 Å². The first-order valence-electron chi connectivity index (χ1n) is 6.87. The Balaban J connectivity index is 1.71. The summed E-state index contributed by atoms with van der Waals surface area (Å²) in [4.78, 5) is 27.8. The summed E-state index contributed by atoms with van der Waals surface area (Å²) in [6.07, 6.45) is 3.14. The Labute approximate surface area is 136 Å². The minimum absolute atomic E-state index is 0.170. The first-order valence-corrected chi connectivity index (χ1v) is 7.69. The van der Waals surface area contributed by atoms with E-state index in [1.54, 1.807) is 6.26 Å². The quantitative estimate of drug-likeness (QED) is 0.743. The van der Waals surface area contributed by atoms with Crippen LogP contribution in [0.4, 0.5) is 5.13 Å². The summed E-state index contributed by atoms with van der Waals surface area (Å²) in [7, 11) is 1.30. The van der Waals surface area contributed by atoms with Crippen LogP contribution in [0, 0.1) is 6.92 Å². The molecule has 6 nitrogen and oxygen atoms in total. The highest BCUT2D eigenvalue weighted by molar-refractivity contribution is 7.17. The van der Waals surface area contributed by atoms with Crippen LogP contribution in [0.25, 0.3) is 11.0 Å². The van der Waals surface area contributed by atoms with Gasteiger partial charge < -0.3 is 14.5 Å². The van der Waals surface area contributed by atoms with Crippen LogP contribution in [-0.4, -0.2) is 24.0 Å². The zero-order valence-electron chi connectivity index (χ0n) is 12.6. The van der Waals surface area contributed by atoms with Gasteiger partial charge in [-0.25, -0.2) is 9.78 Å². The third kappa shape index (κ3) is 3.24. The minimum Gasteiger partial charge on any atom is -0.465 e. The monoisotopic (exact) mass is 330 g/mol. The number of thiazole rings is 1. The standard InChI is InChI=1S/C16H14N2O4S/c1-9-3-4-11-10(8-22-12(11)5-9)6-14(19)18-16-17-7-13(23-16)15(20)21-2/h3-5,7-8H,6H2,1-2H3,(H,17,18,19). The van der Waals surface area contributed by atoms with E-state index in [-0.39, 0.29) is 12.3 Å². The number of nitrogens with one attached hydrogen (secondary N) is 1. The predicted octanol–water partition coefficient (Wildman–Crippen LogP) is 3.17. The Kier molecular flexibility index (Phi) is 4.12. The van der Waals surface area contributed by atoms with E-state index in [9.17, 15) is 9.59 Å². The number of carbonyl (C=O) groups is 2. The largest absolute Gasteiger partial charge is 0.465 e. The number of ether oxygens (including phenoxy) is 1. The molecule has 3 rings (SSSR count). The molecular weight excluding hydrogens is 316 g/mol. The number of fused-ring (bicyclic) bond motifs is 1. The summed E-state index contributed by atoms with van der Waals surface area (Å²) in [5.41, 5.74) is 2.67. The normalized spacial score (nSPS) is 10.7. The molecule has 0 fully saturated rings. The van der Waals surface area contributed by atoms with Crippen molar-refractivity contribution in [2.75, 3.05) is 12.4 Å². The molecule has 0 aliphatic carbocycles. The molecule has 1 aromatic carbocycles. The number of esters is 1. The van der Waals surface area contributed by atoms with Crippen molar-refractivity contribution >= 4 is 39.3 Å². The highest BCUT2D eigenvalue weighted by Gasteiger charge is 2.14. The van der Waals surface area contributed by atoms with Crippen LogP contribution in [-0.2, 0) is 16.0 Å². The van der Waals surface area contributed by atoms with Gasteiger partial charge in [-0.15, -0.1) is 0 Å². The van der Waals surface area contributed by atoms with Crippen LogP contribution in [0.1, 0.15) is 20.8 Å². The number of furan rings is 1. The molecule has 0 spiro atoms. The maximum Gasteiger partial charge on any atom is 0.349 e. The molecule has 3 aromatic rings. The maximum absolute atomic E-state index is 12.1. The smallest absolute Gasteiger partial charge is 0.349 e. The van der Waals surface area contributed by atoms with Crippen LogP contribution in [0.3, 0.4) is 0 Å². The van der Waals surface area contributed by atoms with Crippen LogP contribution < -0.4 is 5.32 Å². The van der Waals surface area contributed by atoms with Crippen LogP contribution in [0.15, 0.2) is 35.1 Å². The molecule has 2 aromatic heterocycles. The molecule has 0 aliphatic heterocycles. The highest BCUT2D eigenvalue weighted by Crippen LogP contribution is 2.24. The fraction of sp³-hybridized carbons (Fsp3) is 0.188. The summed E-state index contributed by atoms with van der Waals surface area (Å²) in [5.74, 6) is -0.696. The summed E-state index contributed by atoms with van der Waals surface area (Å²) < 4.78 is 10.1. The molecule has 0 unspecified atom stereocenters. The SMILES string of the molecule is COC(=O)c1cnc(NC(=O)Cc2coc3cc(C)ccc23)s1. The number of rotatable bonds is 4. The number of carbonyl (C=O) groups excluding carboxylic acids is 2. The Morgan fingerprint density at radius 2 is 2.22 bits per heavy atom. The molecule has 0 aliphatic rings. The summed E-state index contributed by atoms with van der Waals surface area (Å²) in [6.45, 7) is 1.98. The highest BCUT2D eigenvalue weighted by atomic mass is 32.1. The van der Waals surface area contributed by atoms with Crippen LogP contribution >= 0.6 is 11.3 Å². The molecule has 0 atom stereocenters. The van der Waals surface area contributed by atoms with Crippen molar-refractivity contribution in [2.24, 2.45) is 0 Å². The number of hydrogen-bond donors (Lipinski definition) is 1. The van der Waals surface area contributed by atoms with E-state index in [1.807, 2.05) is 25.1 Å². The number of aryl methyl sites for hydroxylation is 1. The molecule has 2 heterocycles. The van der Waals surface area contributed by atoms with Gasteiger partial charge in [-0.1, -0.05) is 23.5 Å². The lowest BCUT2D eigenvalue weighted by Crippen LogP contribution is -2.13. The number of benzene rings is 1. The summed E-state index contributed by atoms with van der Waals surface area (Å²) in [6, 6.07) is 5.85. The molecule has 0 saturated heterocycles. The molecule has 0 radical (unpaired) electrons. The number of methoxy groups -OCH3 is 1. The second-order valence-electron chi connectivity index (χ2n) is 5.01. The van der Waals surface area contributed by atoms with Crippen molar-refractivity contribution in [1.82, 2.24) is 4.98 Å². The first-order chi connectivity index (χ1) is 11.1. The van der Waals surface area contributed by atoms with E-state index in [1.165, 1.54) is 13.3 Å². The number of nitrogens with zero attached hydrogens (tertiary/aromatic N) is 1. The second-order valence-corrected chi connectivity index (χ2v) is 6.04. The predicted molar refractivity (Wildman–Crippen MR) is 86.7 cm³/mol. The average Bonchev–Trinajstić information content (AvgIpc) is 3.14. The molecule has 0 bridgehead atoms. The third-order valence-electron chi connectivity index (χ3n) is 3.30. The van der Waals surface area contributed by atoms with Gasteiger partial charge >= 0.3 is 5.97 Å². The zero-order valence-corrected chi connectivity index (χ0v) is 13.4. The average molecular weight is 330 g/mol. The van der Waals surface area contributed by atoms with Gasteiger partial charge in [0.2, 0.25) is 5.91 Å². The van der Waals surface area contributed by atoms with Crippen molar-refractivity contribution in [1.29, 1.82) is 0 Å². The van der Waals surface area contributed by atoms with E-state index in [4.69, 9.17) is 4.42 Å².